The van der Waals surface area contributed by atoms with Gasteiger partial charge in [0.05, 0.1) is 15.8 Å². The third-order valence-electron chi connectivity index (χ3n) is 5.98. The molecule has 1 saturated carbocycles. The number of rotatable bonds is 6. The number of aliphatic hydroxyl groups excluding tert-OH is 1. The molecule has 2 aliphatic rings. The third-order valence-corrected chi connectivity index (χ3v) is 7.42. The molecule has 2 fully saturated rings. The van der Waals surface area contributed by atoms with Crippen LogP contribution in [0.3, 0.4) is 0 Å². The van der Waals surface area contributed by atoms with E-state index in [9.17, 15) is 10.2 Å². The molecule has 0 radical (unpaired) electrons. The maximum absolute atomic E-state index is 10.5. The molecule has 1 aliphatic heterocycles. The first-order valence-corrected chi connectivity index (χ1v) is 11.4. The quantitative estimate of drug-likeness (QED) is 0.476. The first-order chi connectivity index (χ1) is 14.4. The van der Waals surface area contributed by atoms with Crippen molar-refractivity contribution < 1.29 is 10.2 Å². The van der Waals surface area contributed by atoms with Gasteiger partial charge in [-0.25, -0.2) is 4.98 Å². The highest BCUT2D eigenvalue weighted by Crippen LogP contribution is 2.41. The molecule has 3 aromatic heterocycles. The van der Waals surface area contributed by atoms with Gasteiger partial charge < -0.3 is 20.4 Å². The molecule has 0 amide bonds. The van der Waals surface area contributed by atoms with Gasteiger partial charge in [0.15, 0.2) is 11.6 Å². The van der Waals surface area contributed by atoms with E-state index >= 15 is 0 Å². The Bertz CT molecular complexity index is 1040. The van der Waals surface area contributed by atoms with E-state index in [4.69, 9.17) is 9.97 Å². The number of hydrogen-bond donors (Lipinski definition) is 4. The van der Waals surface area contributed by atoms with Crippen molar-refractivity contribution >= 4 is 39.1 Å². The molecule has 160 valence electrons. The highest BCUT2D eigenvalue weighted by atomic mass is 32.1. The Morgan fingerprint density at radius 2 is 1.97 bits per heavy atom. The standard InChI is InChI=1S/C21H28N6O2S/c1-21(2,29)16-9-15-18(30-16)19(23-17-10-14(25-26-17)13-3-4-13)24-20(22-15)27-7-5-12(11-28)6-8-27/h9-10,12-13,28-29H,3-8,11H2,1-2H3,(H2,22,23,24,25,26). The minimum Gasteiger partial charge on any atom is -0.396 e. The summed E-state index contributed by atoms with van der Waals surface area (Å²) in [5.74, 6) is 3.11. The Hall–Kier alpha value is -2.23. The van der Waals surface area contributed by atoms with Crippen LogP contribution in [0.1, 0.15) is 56.0 Å². The Morgan fingerprint density at radius 1 is 1.20 bits per heavy atom. The lowest BCUT2D eigenvalue weighted by Crippen LogP contribution is -2.35. The number of aromatic amines is 1. The number of piperidine rings is 1. The number of fused-ring (bicyclic) bond motifs is 1. The first-order valence-electron chi connectivity index (χ1n) is 10.6. The summed E-state index contributed by atoms with van der Waals surface area (Å²) in [6, 6.07) is 4.01. The molecular weight excluding hydrogens is 400 g/mol. The smallest absolute Gasteiger partial charge is 0.227 e. The second kappa shape index (κ2) is 7.47. The van der Waals surface area contributed by atoms with Gasteiger partial charge in [-0.2, -0.15) is 10.1 Å². The minimum absolute atomic E-state index is 0.239. The van der Waals surface area contributed by atoms with Gasteiger partial charge in [-0.3, -0.25) is 5.10 Å². The molecule has 4 heterocycles. The van der Waals surface area contributed by atoms with Crippen LogP contribution in [0.25, 0.3) is 10.2 Å². The van der Waals surface area contributed by atoms with Crippen LogP contribution in [0, 0.1) is 5.92 Å². The lowest BCUT2D eigenvalue weighted by Gasteiger charge is -2.31. The van der Waals surface area contributed by atoms with Gasteiger partial charge in [-0.15, -0.1) is 11.3 Å². The summed E-state index contributed by atoms with van der Waals surface area (Å²) in [5.41, 5.74) is 1.05. The average Bonchev–Trinajstić information content (AvgIpc) is 3.30. The van der Waals surface area contributed by atoms with Gasteiger partial charge in [-0.1, -0.05) is 0 Å². The number of thiophene rings is 1. The van der Waals surface area contributed by atoms with Crippen LogP contribution in [0.2, 0.25) is 0 Å². The van der Waals surface area contributed by atoms with E-state index in [2.05, 4.69) is 26.5 Å². The Kier molecular flexibility index (Phi) is 4.91. The summed E-state index contributed by atoms with van der Waals surface area (Å²) in [7, 11) is 0. The molecule has 0 unspecified atom stereocenters. The fourth-order valence-electron chi connectivity index (χ4n) is 3.89. The molecule has 30 heavy (non-hydrogen) atoms. The number of hydrogen-bond acceptors (Lipinski definition) is 8. The Morgan fingerprint density at radius 3 is 2.63 bits per heavy atom. The fraction of sp³-hybridized carbons (Fsp3) is 0.571. The molecule has 9 heteroatoms. The number of nitrogens with zero attached hydrogens (tertiary/aromatic N) is 4. The van der Waals surface area contributed by atoms with Crippen LogP contribution in [-0.2, 0) is 5.60 Å². The predicted octanol–water partition coefficient (Wildman–Crippen LogP) is 3.47. The zero-order valence-electron chi connectivity index (χ0n) is 17.4. The van der Waals surface area contributed by atoms with Crippen LogP contribution in [-0.4, -0.2) is 50.1 Å². The second-order valence-electron chi connectivity index (χ2n) is 8.98. The summed E-state index contributed by atoms with van der Waals surface area (Å²) < 4.78 is 0.914. The summed E-state index contributed by atoms with van der Waals surface area (Å²) in [6.07, 6.45) is 4.30. The van der Waals surface area contributed by atoms with Gasteiger partial charge in [0.2, 0.25) is 5.95 Å². The number of aromatic nitrogens is 4. The molecule has 5 rings (SSSR count). The number of H-pyrrole nitrogens is 1. The third kappa shape index (κ3) is 3.89. The first kappa shape index (κ1) is 19.7. The van der Waals surface area contributed by atoms with Crippen molar-refractivity contribution in [2.45, 2.75) is 51.0 Å². The molecule has 0 spiro atoms. The van der Waals surface area contributed by atoms with Crippen molar-refractivity contribution in [3.8, 4) is 0 Å². The molecule has 8 nitrogen and oxygen atoms in total. The van der Waals surface area contributed by atoms with Gasteiger partial charge >= 0.3 is 0 Å². The number of aliphatic hydroxyl groups is 2. The number of anilines is 3. The summed E-state index contributed by atoms with van der Waals surface area (Å²) in [5, 5.41) is 30.9. The van der Waals surface area contributed by atoms with Gasteiger partial charge in [-0.05, 0) is 51.5 Å². The summed E-state index contributed by atoms with van der Waals surface area (Å²) in [6.45, 7) is 5.46. The summed E-state index contributed by atoms with van der Waals surface area (Å²) in [4.78, 5) is 12.7. The molecule has 0 aromatic carbocycles. The molecule has 4 N–H and O–H groups in total. The van der Waals surface area contributed by atoms with E-state index in [1.54, 1.807) is 13.8 Å². The van der Waals surface area contributed by atoms with Crippen molar-refractivity contribution in [3.63, 3.8) is 0 Å². The maximum atomic E-state index is 10.5. The zero-order valence-corrected chi connectivity index (χ0v) is 18.2. The van der Waals surface area contributed by atoms with E-state index in [0.717, 1.165) is 52.5 Å². The maximum Gasteiger partial charge on any atom is 0.227 e. The zero-order chi connectivity index (χ0) is 20.9. The largest absolute Gasteiger partial charge is 0.396 e. The van der Waals surface area contributed by atoms with E-state index < -0.39 is 5.60 Å². The van der Waals surface area contributed by atoms with Crippen molar-refractivity contribution in [2.24, 2.45) is 5.92 Å². The topological polar surface area (TPSA) is 110 Å². The Labute approximate surface area is 179 Å². The molecular formula is C21H28N6O2S. The lowest BCUT2D eigenvalue weighted by molar-refractivity contribution is 0.0826. The summed E-state index contributed by atoms with van der Waals surface area (Å²) >= 11 is 1.51. The molecule has 0 atom stereocenters. The van der Waals surface area contributed by atoms with Crippen LogP contribution in [0.5, 0.6) is 0 Å². The average molecular weight is 429 g/mol. The van der Waals surface area contributed by atoms with E-state index in [1.807, 2.05) is 6.07 Å². The van der Waals surface area contributed by atoms with Crippen molar-refractivity contribution in [3.05, 3.63) is 22.7 Å². The van der Waals surface area contributed by atoms with E-state index in [-0.39, 0.29) is 6.61 Å². The van der Waals surface area contributed by atoms with Gasteiger partial charge in [0.1, 0.15) is 0 Å². The monoisotopic (exact) mass is 428 g/mol. The Balaban J connectivity index is 1.51. The number of nitrogens with one attached hydrogen (secondary N) is 2. The van der Waals surface area contributed by atoms with Crippen molar-refractivity contribution in [1.29, 1.82) is 0 Å². The van der Waals surface area contributed by atoms with E-state index in [0.29, 0.717) is 23.6 Å². The van der Waals surface area contributed by atoms with E-state index in [1.165, 1.54) is 24.2 Å². The molecule has 1 aliphatic carbocycles. The highest BCUT2D eigenvalue weighted by Gasteiger charge is 2.27. The van der Waals surface area contributed by atoms with Crippen molar-refractivity contribution in [1.82, 2.24) is 20.2 Å². The van der Waals surface area contributed by atoms with Crippen molar-refractivity contribution in [2.75, 3.05) is 29.9 Å². The van der Waals surface area contributed by atoms with Gasteiger partial charge in [0.25, 0.3) is 0 Å². The van der Waals surface area contributed by atoms with Crippen LogP contribution < -0.4 is 10.2 Å². The fourth-order valence-corrected chi connectivity index (χ4v) is 4.93. The SMILES string of the molecule is CC(C)(O)c1cc2nc(N3CCC(CO)CC3)nc(Nc3cc(C4CC4)[nH]n3)c2s1. The molecule has 0 bridgehead atoms. The lowest BCUT2D eigenvalue weighted by atomic mass is 9.98. The predicted molar refractivity (Wildman–Crippen MR) is 119 cm³/mol. The van der Waals surface area contributed by atoms with Crippen LogP contribution in [0.4, 0.5) is 17.6 Å². The molecule has 3 aromatic rings. The van der Waals surface area contributed by atoms with Crippen LogP contribution >= 0.6 is 11.3 Å². The minimum atomic E-state index is -0.937. The molecule has 1 saturated heterocycles. The van der Waals surface area contributed by atoms with Gasteiger partial charge in [0, 0.05) is 42.3 Å². The highest BCUT2D eigenvalue weighted by molar-refractivity contribution is 7.19. The normalized spacial score (nSPS) is 18.3. The second-order valence-corrected chi connectivity index (χ2v) is 10.0. The van der Waals surface area contributed by atoms with Crippen LogP contribution in [0.15, 0.2) is 12.1 Å².